The summed E-state index contributed by atoms with van der Waals surface area (Å²) in [6.07, 6.45) is -2.10. The Labute approximate surface area is 161 Å². The maximum atomic E-state index is 11.7. The summed E-state index contributed by atoms with van der Waals surface area (Å²) in [4.78, 5) is 46.1. The molecule has 1 aliphatic heterocycles. The lowest BCUT2D eigenvalue weighted by atomic mass is 10.0. The molecular weight excluding hydrogens is 380 g/mol. The number of ether oxygens (including phenoxy) is 4. The molecular formula is C16H24N2O8S. The van der Waals surface area contributed by atoms with Crippen LogP contribution in [0.5, 0.6) is 0 Å². The van der Waals surface area contributed by atoms with Gasteiger partial charge in [-0.05, 0) is 0 Å². The van der Waals surface area contributed by atoms with E-state index in [2.05, 4.69) is 5.32 Å². The summed E-state index contributed by atoms with van der Waals surface area (Å²) in [7, 11) is 0. The van der Waals surface area contributed by atoms with E-state index in [0.717, 1.165) is 11.8 Å². The van der Waals surface area contributed by atoms with Crippen molar-refractivity contribution in [1.29, 1.82) is 5.41 Å². The molecule has 0 aromatic rings. The van der Waals surface area contributed by atoms with E-state index in [9.17, 15) is 19.2 Å². The molecule has 27 heavy (non-hydrogen) atoms. The SMILES string of the molecule is CC(=N)O[C@H]1SC(COC(C)=O)[C@@H](OC(C)=O)C(OC(C)=O)C1NC(C)=O. The van der Waals surface area contributed by atoms with Gasteiger partial charge < -0.3 is 24.3 Å². The number of rotatable bonds is 6. The molecule has 0 bridgehead atoms. The predicted molar refractivity (Wildman–Crippen MR) is 95.0 cm³/mol. The van der Waals surface area contributed by atoms with Crippen LogP contribution in [0, 0.1) is 5.41 Å². The highest BCUT2D eigenvalue weighted by molar-refractivity contribution is 8.00. The molecule has 0 saturated carbocycles. The van der Waals surface area contributed by atoms with Gasteiger partial charge in [-0.3, -0.25) is 24.6 Å². The summed E-state index contributed by atoms with van der Waals surface area (Å²) in [5.74, 6) is -2.37. The molecule has 2 N–H and O–H groups in total. The Morgan fingerprint density at radius 2 is 1.44 bits per heavy atom. The zero-order valence-corrected chi connectivity index (χ0v) is 16.6. The number of amides is 1. The van der Waals surface area contributed by atoms with E-state index in [1.165, 1.54) is 34.6 Å². The standard InChI is InChI=1S/C16H24N2O8S/c1-7(17)24-16-13(18-8(2)19)15(26-11(5)22)14(25-10(4)21)12(27-16)6-23-9(3)20/h12-17H,6H2,1-5H3,(H,18,19)/t12?,13?,14-,15?,16+/m1/s1. The summed E-state index contributed by atoms with van der Waals surface area (Å²) < 4.78 is 21.2. The second-order valence-corrected chi connectivity index (χ2v) is 7.24. The Bertz CT molecular complexity index is 611. The third-order valence-electron chi connectivity index (χ3n) is 3.36. The molecule has 0 radical (unpaired) electrons. The number of hydrogen-bond acceptors (Lipinski definition) is 10. The van der Waals surface area contributed by atoms with E-state index < -0.39 is 52.8 Å². The van der Waals surface area contributed by atoms with Gasteiger partial charge in [0.05, 0.1) is 5.25 Å². The van der Waals surface area contributed by atoms with Crippen LogP contribution >= 0.6 is 11.8 Å². The van der Waals surface area contributed by atoms with Gasteiger partial charge in [0.25, 0.3) is 0 Å². The summed E-state index contributed by atoms with van der Waals surface area (Å²) in [5, 5.41) is 9.56. The van der Waals surface area contributed by atoms with Crippen LogP contribution < -0.4 is 5.32 Å². The Morgan fingerprint density at radius 3 is 1.89 bits per heavy atom. The zero-order chi connectivity index (χ0) is 20.7. The molecule has 5 atom stereocenters. The van der Waals surface area contributed by atoms with Crippen molar-refractivity contribution in [2.24, 2.45) is 0 Å². The van der Waals surface area contributed by atoms with Crippen molar-refractivity contribution in [2.75, 3.05) is 6.61 Å². The van der Waals surface area contributed by atoms with Crippen LogP contribution in [-0.4, -0.2) is 65.3 Å². The van der Waals surface area contributed by atoms with Gasteiger partial charge in [-0.2, -0.15) is 0 Å². The largest absolute Gasteiger partial charge is 0.465 e. The van der Waals surface area contributed by atoms with Gasteiger partial charge in [-0.15, -0.1) is 11.8 Å². The maximum Gasteiger partial charge on any atom is 0.303 e. The van der Waals surface area contributed by atoms with Crippen LogP contribution in [-0.2, 0) is 38.1 Å². The van der Waals surface area contributed by atoms with E-state index in [0.29, 0.717) is 0 Å². The number of carbonyl (C=O) groups excluding carboxylic acids is 4. The second-order valence-electron chi connectivity index (χ2n) is 5.89. The Hall–Kier alpha value is -2.30. The first-order valence-corrected chi connectivity index (χ1v) is 9.07. The monoisotopic (exact) mass is 404 g/mol. The highest BCUT2D eigenvalue weighted by Crippen LogP contribution is 2.37. The molecule has 1 fully saturated rings. The normalized spacial score (nSPS) is 27.1. The lowest BCUT2D eigenvalue weighted by Gasteiger charge is -2.44. The molecule has 0 aliphatic carbocycles. The number of nitrogens with one attached hydrogen (secondary N) is 2. The smallest absolute Gasteiger partial charge is 0.303 e. The second kappa shape index (κ2) is 10.1. The van der Waals surface area contributed by atoms with Crippen LogP contribution in [0.2, 0.25) is 0 Å². The quantitative estimate of drug-likeness (QED) is 0.278. The molecule has 0 aromatic carbocycles. The molecule has 3 unspecified atom stereocenters. The van der Waals surface area contributed by atoms with Crippen LogP contribution in [0.3, 0.4) is 0 Å². The van der Waals surface area contributed by atoms with Gasteiger partial charge in [-0.25, -0.2) is 0 Å². The average molecular weight is 404 g/mol. The van der Waals surface area contributed by atoms with E-state index in [1.54, 1.807) is 0 Å². The summed E-state index contributed by atoms with van der Waals surface area (Å²) >= 11 is 1.11. The van der Waals surface area contributed by atoms with Gasteiger partial charge in [0, 0.05) is 34.6 Å². The number of hydrogen-bond donors (Lipinski definition) is 2. The van der Waals surface area contributed by atoms with Crippen molar-refractivity contribution < 1.29 is 38.1 Å². The van der Waals surface area contributed by atoms with Crippen molar-refractivity contribution in [3.8, 4) is 0 Å². The molecule has 11 heteroatoms. The van der Waals surface area contributed by atoms with Gasteiger partial charge in [0.1, 0.15) is 12.6 Å². The Morgan fingerprint density at radius 1 is 0.889 bits per heavy atom. The van der Waals surface area contributed by atoms with Crippen molar-refractivity contribution in [2.45, 2.75) is 63.6 Å². The van der Waals surface area contributed by atoms with Crippen molar-refractivity contribution in [3.05, 3.63) is 0 Å². The molecule has 0 spiro atoms. The molecule has 1 heterocycles. The predicted octanol–water partition coefficient (Wildman–Crippen LogP) is 0.373. The lowest BCUT2D eigenvalue weighted by molar-refractivity contribution is -0.172. The lowest BCUT2D eigenvalue weighted by Crippen LogP contribution is -2.63. The van der Waals surface area contributed by atoms with E-state index >= 15 is 0 Å². The first kappa shape index (κ1) is 22.7. The van der Waals surface area contributed by atoms with Gasteiger partial charge in [0.15, 0.2) is 23.5 Å². The fourth-order valence-electron chi connectivity index (χ4n) is 2.57. The minimum absolute atomic E-state index is 0.124. The molecule has 10 nitrogen and oxygen atoms in total. The van der Waals surface area contributed by atoms with Gasteiger partial charge in [0.2, 0.25) is 5.91 Å². The fraction of sp³-hybridized carbons (Fsp3) is 0.688. The van der Waals surface area contributed by atoms with E-state index in [-0.39, 0.29) is 12.5 Å². The molecule has 1 aliphatic rings. The molecule has 1 amide bonds. The average Bonchev–Trinajstić information content (AvgIpc) is 2.49. The molecule has 152 valence electrons. The van der Waals surface area contributed by atoms with Gasteiger partial charge in [-0.1, -0.05) is 0 Å². The topological polar surface area (TPSA) is 141 Å². The minimum Gasteiger partial charge on any atom is -0.465 e. The van der Waals surface area contributed by atoms with Crippen LogP contribution in [0.15, 0.2) is 0 Å². The highest BCUT2D eigenvalue weighted by Gasteiger charge is 2.51. The number of esters is 3. The van der Waals surface area contributed by atoms with Crippen LogP contribution in [0.25, 0.3) is 0 Å². The van der Waals surface area contributed by atoms with E-state index in [1.807, 2.05) is 0 Å². The third-order valence-corrected chi connectivity index (χ3v) is 4.78. The van der Waals surface area contributed by atoms with E-state index in [4.69, 9.17) is 24.4 Å². The summed E-state index contributed by atoms with van der Waals surface area (Å²) in [6.45, 7) is 6.14. The first-order chi connectivity index (χ1) is 12.5. The fourth-order valence-corrected chi connectivity index (χ4v) is 4.01. The number of thioether (sulfide) groups is 1. The summed E-state index contributed by atoms with van der Waals surface area (Å²) in [6, 6.07) is -0.894. The zero-order valence-electron chi connectivity index (χ0n) is 15.8. The molecule has 1 saturated heterocycles. The highest BCUT2D eigenvalue weighted by atomic mass is 32.2. The molecule has 0 aromatic heterocycles. The Balaban J connectivity index is 3.29. The Kier molecular flexibility index (Phi) is 8.54. The minimum atomic E-state index is -1.10. The molecule has 1 rings (SSSR count). The first-order valence-electron chi connectivity index (χ1n) is 8.13. The van der Waals surface area contributed by atoms with Crippen LogP contribution in [0.1, 0.15) is 34.6 Å². The van der Waals surface area contributed by atoms with Crippen molar-refractivity contribution in [3.63, 3.8) is 0 Å². The van der Waals surface area contributed by atoms with Gasteiger partial charge >= 0.3 is 17.9 Å². The third kappa shape index (κ3) is 7.45. The van der Waals surface area contributed by atoms with Crippen LogP contribution in [0.4, 0.5) is 0 Å². The summed E-state index contributed by atoms with van der Waals surface area (Å²) in [5.41, 5.74) is -0.830. The number of carbonyl (C=O) groups is 4. The van der Waals surface area contributed by atoms with Crippen molar-refractivity contribution >= 4 is 41.5 Å². The van der Waals surface area contributed by atoms with Crippen molar-refractivity contribution in [1.82, 2.24) is 5.32 Å². The maximum absolute atomic E-state index is 11.7.